The molecule has 29 heavy (non-hydrogen) atoms. The van der Waals surface area contributed by atoms with E-state index in [-0.39, 0.29) is 12.2 Å². The van der Waals surface area contributed by atoms with Crippen molar-refractivity contribution < 1.29 is 15.0 Å². The molecule has 0 spiro atoms. The van der Waals surface area contributed by atoms with Crippen LogP contribution in [-0.4, -0.2) is 26.4 Å². The summed E-state index contributed by atoms with van der Waals surface area (Å²) >= 11 is 0. The Labute approximate surface area is 166 Å². The Morgan fingerprint density at radius 3 is 2.38 bits per heavy atom. The summed E-state index contributed by atoms with van der Waals surface area (Å²) in [5.74, 6) is -0.671. The van der Waals surface area contributed by atoms with Crippen molar-refractivity contribution in [1.82, 2.24) is 10.2 Å². The van der Waals surface area contributed by atoms with Crippen LogP contribution in [0, 0.1) is 11.3 Å². The minimum atomic E-state index is -0.880. The number of H-pyrrole nitrogens is 1. The second-order valence-corrected chi connectivity index (χ2v) is 6.71. The summed E-state index contributed by atoms with van der Waals surface area (Å²) in [4.78, 5) is 10.9. The van der Waals surface area contributed by atoms with Crippen molar-refractivity contribution in [3.8, 4) is 34.1 Å². The first-order valence-electron chi connectivity index (χ1n) is 9.08. The molecular formula is C23H17N3O3. The molecule has 6 nitrogen and oxygen atoms in total. The molecule has 1 heterocycles. The zero-order valence-corrected chi connectivity index (χ0v) is 15.4. The smallest absolute Gasteiger partial charge is 0.303 e. The number of hydrogen-bond acceptors (Lipinski definition) is 4. The second-order valence-electron chi connectivity index (χ2n) is 6.71. The Balaban J connectivity index is 1.76. The molecule has 0 unspecified atom stereocenters. The number of nitrogens with one attached hydrogen (secondary N) is 1. The van der Waals surface area contributed by atoms with Gasteiger partial charge in [0.1, 0.15) is 5.75 Å². The van der Waals surface area contributed by atoms with Crippen molar-refractivity contribution in [2.24, 2.45) is 0 Å². The lowest BCUT2D eigenvalue weighted by Crippen LogP contribution is -1.98. The van der Waals surface area contributed by atoms with Crippen molar-refractivity contribution >= 4 is 16.9 Å². The van der Waals surface area contributed by atoms with E-state index in [4.69, 9.17) is 5.11 Å². The van der Waals surface area contributed by atoms with E-state index in [1.165, 1.54) is 0 Å². The molecule has 0 saturated carbocycles. The van der Waals surface area contributed by atoms with E-state index < -0.39 is 5.97 Å². The van der Waals surface area contributed by atoms with E-state index in [0.717, 1.165) is 27.6 Å². The van der Waals surface area contributed by atoms with Crippen LogP contribution < -0.4 is 0 Å². The number of para-hydroxylation sites is 1. The van der Waals surface area contributed by atoms with Gasteiger partial charge in [0.2, 0.25) is 0 Å². The minimum absolute atomic E-state index is 0.00937. The molecule has 0 amide bonds. The molecule has 4 rings (SSSR count). The Hall–Kier alpha value is -4.11. The summed E-state index contributed by atoms with van der Waals surface area (Å²) < 4.78 is 0. The molecule has 0 aliphatic carbocycles. The highest BCUT2D eigenvalue weighted by atomic mass is 16.4. The number of aliphatic carboxylic acids is 1. The molecule has 4 aromatic rings. The van der Waals surface area contributed by atoms with Crippen LogP contribution in [-0.2, 0) is 11.2 Å². The van der Waals surface area contributed by atoms with Crippen LogP contribution in [0.3, 0.4) is 0 Å². The summed E-state index contributed by atoms with van der Waals surface area (Å²) in [6.45, 7) is 0. The maximum Gasteiger partial charge on any atom is 0.303 e. The first-order chi connectivity index (χ1) is 14.1. The largest absolute Gasteiger partial charge is 0.507 e. The Kier molecular flexibility index (Phi) is 4.71. The summed E-state index contributed by atoms with van der Waals surface area (Å²) in [7, 11) is 0. The number of benzene rings is 3. The Morgan fingerprint density at radius 1 is 1.03 bits per heavy atom. The third kappa shape index (κ3) is 3.54. The van der Waals surface area contributed by atoms with Crippen molar-refractivity contribution in [3.63, 3.8) is 0 Å². The number of phenolic OH excluding ortho intramolecular Hbond substituents is 1. The number of carboxylic acid groups (broad SMARTS) is 1. The van der Waals surface area contributed by atoms with Crippen molar-refractivity contribution in [2.75, 3.05) is 0 Å². The molecule has 142 valence electrons. The maximum absolute atomic E-state index is 10.9. The molecule has 0 aliphatic rings. The van der Waals surface area contributed by atoms with Crippen LogP contribution in [0.25, 0.3) is 33.2 Å². The van der Waals surface area contributed by atoms with Gasteiger partial charge >= 0.3 is 5.97 Å². The summed E-state index contributed by atoms with van der Waals surface area (Å²) in [5, 5.41) is 36.5. The Bertz CT molecular complexity index is 1250. The molecule has 0 bridgehead atoms. The standard InChI is InChI=1S/C23H17N3O3/c24-13-16-11-21-19(20(25-26-21)9-10-23(28)29)12-18(16)15-7-5-14(6-8-15)17-3-1-2-4-22(17)27/h1-8,11-12,27H,9-10H2,(H,25,26)(H,28,29). The van der Waals surface area contributed by atoms with E-state index in [2.05, 4.69) is 16.3 Å². The molecule has 0 aliphatic heterocycles. The van der Waals surface area contributed by atoms with E-state index >= 15 is 0 Å². The predicted octanol–water partition coefficient (Wildman–Crippen LogP) is 4.49. The van der Waals surface area contributed by atoms with Crippen LogP contribution in [0.1, 0.15) is 17.7 Å². The molecule has 3 aromatic carbocycles. The van der Waals surface area contributed by atoms with Gasteiger partial charge in [-0.15, -0.1) is 0 Å². The monoisotopic (exact) mass is 383 g/mol. The number of carboxylic acids is 1. The lowest BCUT2D eigenvalue weighted by molar-refractivity contribution is -0.136. The highest BCUT2D eigenvalue weighted by Crippen LogP contribution is 2.33. The van der Waals surface area contributed by atoms with Gasteiger partial charge in [-0.1, -0.05) is 42.5 Å². The van der Waals surface area contributed by atoms with Gasteiger partial charge in [-0.25, -0.2) is 0 Å². The summed E-state index contributed by atoms with van der Waals surface area (Å²) in [5.41, 5.74) is 5.09. The molecule has 6 heteroatoms. The van der Waals surface area contributed by atoms with Gasteiger partial charge in [0.05, 0.1) is 29.3 Å². The number of nitriles is 1. The topological polar surface area (TPSA) is 110 Å². The number of aromatic nitrogens is 2. The van der Waals surface area contributed by atoms with Crippen molar-refractivity contribution in [1.29, 1.82) is 5.26 Å². The lowest BCUT2D eigenvalue weighted by atomic mass is 9.95. The zero-order chi connectivity index (χ0) is 20.4. The summed E-state index contributed by atoms with van der Waals surface area (Å²) in [6, 6.07) is 20.6. The quantitative estimate of drug-likeness (QED) is 0.470. The molecule has 1 aromatic heterocycles. The fourth-order valence-corrected chi connectivity index (χ4v) is 3.41. The van der Waals surface area contributed by atoms with Crippen LogP contribution >= 0.6 is 0 Å². The zero-order valence-electron chi connectivity index (χ0n) is 15.4. The van der Waals surface area contributed by atoms with E-state index in [0.29, 0.717) is 23.2 Å². The van der Waals surface area contributed by atoms with Crippen molar-refractivity contribution in [3.05, 3.63) is 71.9 Å². The van der Waals surface area contributed by atoms with Gasteiger partial charge in [-0.3, -0.25) is 9.89 Å². The highest BCUT2D eigenvalue weighted by Gasteiger charge is 2.14. The molecule has 0 saturated heterocycles. The maximum atomic E-state index is 10.9. The molecule has 0 atom stereocenters. The summed E-state index contributed by atoms with van der Waals surface area (Å²) in [6.07, 6.45) is 0.303. The fourth-order valence-electron chi connectivity index (χ4n) is 3.41. The average molecular weight is 383 g/mol. The number of fused-ring (bicyclic) bond motifs is 1. The van der Waals surface area contributed by atoms with E-state index in [1.54, 1.807) is 18.2 Å². The minimum Gasteiger partial charge on any atom is -0.507 e. The number of phenols is 1. The van der Waals surface area contributed by atoms with Gasteiger partial charge in [-0.2, -0.15) is 10.4 Å². The van der Waals surface area contributed by atoms with E-state index in [1.807, 2.05) is 42.5 Å². The first kappa shape index (κ1) is 18.3. The van der Waals surface area contributed by atoms with E-state index in [9.17, 15) is 15.2 Å². The molecular weight excluding hydrogens is 366 g/mol. The van der Waals surface area contributed by atoms with Gasteiger partial charge in [-0.05, 0) is 29.3 Å². The predicted molar refractivity (Wildman–Crippen MR) is 109 cm³/mol. The molecule has 0 fully saturated rings. The van der Waals surface area contributed by atoms with Gasteiger partial charge in [0.15, 0.2) is 0 Å². The normalized spacial score (nSPS) is 10.7. The fraction of sp³-hybridized carbons (Fsp3) is 0.0870. The third-order valence-corrected chi connectivity index (χ3v) is 4.89. The van der Waals surface area contributed by atoms with Crippen LogP contribution in [0.5, 0.6) is 5.75 Å². The number of aromatic amines is 1. The lowest BCUT2D eigenvalue weighted by Gasteiger charge is -2.08. The third-order valence-electron chi connectivity index (χ3n) is 4.89. The number of aromatic hydroxyl groups is 1. The molecule has 3 N–H and O–H groups in total. The van der Waals surface area contributed by atoms with Crippen LogP contribution in [0.2, 0.25) is 0 Å². The SMILES string of the molecule is N#Cc1cc2[nH]nc(CCC(=O)O)c2cc1-c1ccc(-c2ccccc2O)cc1. The van der Waals surface area contributed by atoms with Crippen LogP contribution in [0.4, 0.5) is 0 Å². The number of nitrogens with zero attached hydrogens (tertiary/aromatic N) is 2. The number of aryl methyl sites for hydroxylation is 1. The molecule has 0 radical (unpaired) electrons. The first-order valence-corrected chi connectivity index (χ1v) is 9.08. The van der Waals surface area contributed by atoms with Gasteiger partial charge < -0.3 is 10.2 Å². The van der Waals surface area contributed by atoms with Crippen LogP contribution in [0.15, 0.2) is 60.7 Å². The van der Waals surface area contributed by atoms with Gasteiger partial charge in [0.25, 0.3) is 0 Å². The van der Waals surface area contributed by atoms with Crippen molar-refractivity contribution in [2.45, 2.75) is 12.8 Å². The average Bonchev–Trinajstić information content (AvgIpc) is 3.13. The number of hydrogen-bond donors (Lipinski definition) is 3. The number of rotatable bonds is 5. The Morgan fingerprint density at radius 2 is 1.72 bits per heavy atom. The number of carbonyl (C=O) groups is 1. The second kappa shape index (κ2) is 7.49. The highest BCUT2D eigenvalue weighted by molar-refractivity contribution is 5.90. The van der Waals surface area contributed by atoms with Gasteiger partial charge in [0, 0.05) is 22.9 Å².